The lowest BCUT2D eigenvalue weighted by atomic mass is 10.1. The molecule has 4 heterocycles. The second-order valence-corrected chi connectivity index (χ2v) is 8.78. The Hall–Kier alpha value is -3.78. The van der Waals surface area contributed by atoms with Gasteiger partial charge in [-0.15, -0.1) is 0 Å². The van der Waals surface area contributed by atoms with Crippen LogP contribution in [-0.2, 0) is 22.7 Å². The minimum atomic E-state index is -0.311. The highest BCUT2D eigenvalue weighted by Crippen LogP contribution is 2.31. The van der Waals surface area contributed by atoms with Crippen molar-refractivity contribution in [3.63, 3.8) is 0 Å². The van der Waals surface area contributed by atoms with Crippen LogP contribution in [0.5, 0.6) is 5.75 Å². The van der Waals surface area contributed by atoms with Gasteiger partial charge in [0, 0.05) is 53.8 Å². The van der Waals surface area contributed by atoms with E-state index < -0.39 is 0 Å². The summed E-state index contributed by atoms with van der Waals surface area (Å²) in [5.41, 5.74) is 3.86. The second-order valence-electron chi connectivity index (χ2n) is 8.38. The van der Waals surface area contributed by atoms with E-state index in [2.05, 4.69) is 9.97 Å². The number of likely N-dealkylation sites (tertiary alicyclic amines) is 1. The minimum Gasteiger partial charge on any atom is -0.487 e. The predicted octanol–water partition coefficient (Wildman–Crippen LogP) is 4.25. The molecular weight excluding hydrogens is 454 g/mol. The molecular formula is C25H22ClN5O3. The van der Waals surface area contributed by atoms with Crippen LogP contribution in [0.15, 0.2) is 55.4 Å². The normalized spacial score (nSPS) is 16.0. The number of carbonyl (C=O) groups excluding carboxylic acids is 2. The second kappa shape index (κ2) is 8.87. The summed E-state index contributed by atoms with van der Waals surface area (Å²) in [6.07, 6.45) is 8.73. The summed E-state index contributed by atoms with van der Waals surface area (Å²) in [7, 11) is 0. The first-order valence-electron chi connectivity index (χ1n) is 10.9. The van der Waals surface area contributed by atoms with Crippen molar-refractivity contribution in [2.75, 3.05) is 0 Å². The molecule has 1 atom stereocenters. The molecule has 0 radical (unpaired) electrons. The molecule has 9 heteroatoms. The van der Waals surface area contributed by atoms with Crippen LogP contribution in [0.25, 0.3) is 16.6 Å². The number of para-hydroxylation sites is 1. The van der Waals surface area contributed by atoms with Crippen LogP contribution >= 0.6 is 11.6 Å². The molecule has 1 fully saturated rings. The van der Waals surface area contributed by atoms with Gasteiger partial charge in [-0.05, 0) is 24.6 Å². The Labute approximate surface area is 201 Å². The predicted molar refractivity (Wildman–Crippen MR) is 127 cm³/mol. The zero-order valence-corrected chi connectivity index (χ0v) is 19.5. The van der Waals surface area contributed by atoms with E-state index in [0.29, 0.717) is 21.9 Å². The average Bonchev–Trinajstić information content (AvgIpc) is 3.43. The highest BCUT2D eigenvalue weighted by Gasteiger charge is 2.35. The Kier molecular flexibility index (Phi) is 5.75. The van der Waals surface area contributed by atoms with E-state index in [4.69, 9.17) is 21.3 Å². The molecule has 1 saturated heterocycles. The summed E-state index contributed by atoms with van der Waals surface area (Å²) >= 11 is 6.46. The standard InChI is InChI=1S/C25H22ClN5O3/c1-15-8-23(32)31(25(15)33)12-17-10-28-11-20(26)19(17)13-34-22-5-3-4-18-21(30-7-6-27-14-30)9-16(2)29-24(18)22/h3-7,9-11,14-15H,8,12-13H2,1-2H3/t15-/m1/s1. The molecule has 0 bridgehead atoms. The molecule has 172 valence electrons. The summed E-state index contributed by atoms with van der Waals surface area (Å²) in [5.74, 6) is -0.0833. The van der Waals surface area contributed by atoms with Crippen LogP contribution in [0, 0.1) is 12.8 Å². The van der Waals surface area contributed by atoms with Crippen molar-refractivity contribution in [1.29, 1.82) is 0 Å². The largest absolute Gasteiger partial charge is 0.487 e. The lowest BCUT2D eigenvalue weighted by Gasteiger charge is -2.18. The first-order valence-corrected chi connectivity index (χ1v) is 11.3. The molecule has 0 aliphatic carbocycles. The number of amides is 2. The molecule has 1 aromatic carbocycles. The third-order valence-electron chi connectivity index (χ3n) is 5.96. The maximum atomic E-state index is 12.4. The lowest BCUT2D eigenvalue weighted by molar-refractivity contribution is -0.139. The van der Waals surface area contributed by atoms with Crippen molar-refractivity contribution < 1.29 is 14.3 Å². The molecule has 1 aliphatic rings. The van der Waals surface area contributed by atoms with Gasteiger partial charge in [-0.3, -0.25) is 19.5 Å². The summed E-state index contributed by atoms with van der Waals surface area (Å²) in [4.78, 5) is 39.0. The molecule has 1 aliphatic heterocycles. The van der Waals surface area contributed by atoms with Gasteiger partial charge in [-0.2, -0.15) is 0 Å². The highest BCUT2D eigenvalue weighted by molar-refractivity contribution is 6.31. The van der Waals surface area contributed by atoms with Crippen LogP contribution in [0.1, 0.15) is 30.2 Å². The first kappa shape index (κ1) is 22.0. The number of imidazole rings is 1. The van der Waals surface area contributed by atoms with Gasteiger partial charge in [0.05, 0.1) is 23.6 Å². The molecule has 3 aromatic heterocycles. The third kappa shape index (κ3) is 4.01. The van der Waals surface area contributed by atoms with Crippen LogP contribution < -0.4 is 4.74 Å². The fraction of sp³-hybridized carbons (Fsp3) is 0.240. The molecule has 2 amide bonds. The van der Waals surface area contributed by atoms with Crippen LogP contribution in [-0.4, -0.2) is 36.2 Å². The number of halogens is 1. The smallest absolute Gasteiger partial charge is 0.232 e. The van der Waals surface area contributed by atoms with Gasteiger partial charge in [0.1, 0.15) is 17.9 Å². The molecule has 0 unspecified atom stereocenters. The first-order chi connectivity index (χ1) is 16.4. The Morgan fingerprint density at radius 3 is 2.79 bits per heavy atom. The van der Waals surface area contributed by atoms with Crippen molar-refractivity contribution in [3.8, 4) is 11.4 Å². The van der Waals surface area contributed by atoms with Gasteiger partial charge in [0.2, 0.25) is 11.8 Å². The lowest BCUT2D eigenvalue weighted by Crippen LogP contribution is -2.30. The average molecular weight is 476 g/mol. The van der Waals surface area contributed by atoms with Crippen molar-refractivity contribution in [2.24, 2.45) is 5.92 Å². The molecule has 34 heavy (non-hydrogen) atoms. The SMILES string of the molecule is Cc1cc(-n2ccnc2)c2cccc(OCc3c(Cl)cncc3CN3C(=O)C[C@@H](C)C3=O)c2n1. The number of hydrogen-bond acceptors (Lipinski definition) is 6. The van der Waals surface area contributed by atoms with Crippen molar-refractivity contribution in [3.05, 3.63) is 77.2 Å². The van der Waals surface area contributed by atoms with E-state index in [-0.39, 0.29) is 37.3 Å². The number of hydrogen-bond donors (Lipinski definition) is 0. The number of fused-ring (bicyclic) bond motifs is 1. The molecule has 0 N–H and O–H groups in total. The number of nitrogens with zero attached hydrogens (tertiary/aromatic N) is 5. The zero-order chi connectivity index (χ0) is 23.8. The van der Waals surface area contributed by atoms with Gasteiger partial charge in [0.15, 0.2) is 0 Å². The van der Waals surface area contributed by atoms with Gasteiger partial charge < -0.3 is 9.30 Å². The highest BCUT2D eigenvalue weighted by atomic mass is 35.5. The number of aryl methyl sites for hydroxylation is 1. The maximum Gasteiger partial charge on any atom is 0.232 e. The van der Waals surface area contributed by atoms with Crippen LogP contribution in [0.3, 0.4) is 0 Å². The van der Waals surface area contributed by atoms with E-state index >= 15 is 0 Å². The number of benzene rings is 1. The Bertz CT molecular complexity index is 1400. The van der Waals surface area contributed by atoms with Gasteiger partial charge in [-0.1, -0.05) is 30.7 Å². The van der Waals surface area contributed by atoms with Gasteiger partial charge in [-0.25, -0.2) is 9.97 Å². The van der Waals surface area contributed by atoms with Crippen molar-refractivity contribution in [2.45, 2.75) is 33.4 Å². The number of carbonyl (C=O) groups is 2. The number of rotatable bonds is 6. The van der Waals surface area contributed by atoms with E-state index in [1.54, 1.807) is 25.6 Å². The minimum absolute atomic E-state index is 0.117. The quantitative estimate of drug-likeness (QED) is 0.387. The van der Waals surface area contributed by atoms with Crippen LogP contribution in [0.4, 0.5) is 0 Å². The molecule has 4 aromatic rings. The fourth-order valence-electron chi connectivity index (χ4n) is 4.19. The fourth-order valence-corrected chi connectivity index (χ4v) is 4.43. The summed E-state index contributed by atoms with van der Waals surface area (Å²) in [6, 6.07) is 7.75. The molecule has 0 spiro atoms. The van der Waals surface area contributed by atoms with Gasteiger partial charge >= 0.3 is 0 Å². The topological polar surface area (TPSA) is 90.2 Å². The maximum absolute atomic E-state index is 12.4. The Morgan fingerprint density at radius 2 is 2.06 bits per heavy atom. The van der Waals surface area contributed by atoms with E-state index in [9.17, 15) is 9.59 Å². The van der Waals surface area contributed by atoms with E-state index in [1.165, 1.54) is 11.1 Å². The molecule has 5 rings (SSSR count). The van der Waals surface area contributed by atoms with E-state index in [0.717, 1.165) is 22.3 Å². The monoisotopic (exact) mass is 475 g/mol. The Morgan fingerprint density at radius 1 is 1.21 bits per heavy atom. The number of imide groups is 1. The summed E-state index contributed by atoms with van der Waals surface area (Å²) < 4.78 is 8.14. The molecule has 0 saturated carbocycles. The number of aromatic nitrogens is 4. The molecule has 8 nitrogen and oxygen atoms in total. The van der Waals surface area contributed by atoms with Crippen molar-refractivity contribution in [1.82, 2.24) is 24.4 Å². The van der Waals surface area contributed by atoms with Crippen LogP contribution in [0.2, 0.25) is 5.02 Å². The third-order valence-corrected chi connectivity index (χ3v) is 6.28. The van der Waals surface area contributed by atoms with E-state index in [1.807, 2.05) is 42.0 Å². The summed E-state index contributed by atoms with van der Waals surface area (Å²) in [5, 5.41) is 1.33. The Balaban J connectivity index is 1.47. The number of ether oxygens (including phenoxy) is 1. The van der Waals surface area contributed by atoms with Gasteiger partial charge in [0.25, 0.3) is 0 Å². The summed E-state index contributed by atoms with van der Waals surface area (Å²) in [6.45, 7) is 3.94. The number of pyridine rings is 2. The van der Waals surface area contributed by atoms with Crippen molar-refractivity contribution >= 4 is 34.3 Å². The zero-order valence-electron chi connectivity index (χ0n) is 18.7.